The van der Waals surface area contributed by atoms with Gasteiger partial charge < -0.3 is 15.7 Å². The van der Waals surface area contributed by atoms with Crippen LogP contribution in [0.4, 0.5) is 0 Å². The number of amides is 1. The minimum atomic E-state index is -0.457. The van der Waals surface area contributed by atoms with E-state index in [1.54, 1.807) is 33.5 Å². The first-order chi connectivity index (χ1) is 11.4. The van der Waals surface area contributed by atoms with Gasteiger partial charge in [0.15, 0.2) is 5.82 Å². The molecule has 2 aliphatic heterocycles. The third-order valence-corrected chi connectivity index (χ3v) is 6.19. The van der Waals surface area contributed by atoms with Crippen LogP contribution in [0.25, 0.3) is 0 Å². The van der Waals surface area contributed by atoms with Gasteiger partial charge in [-0.05, 0) is 30.3 Å². The molecule has 2 saturated heterocycles. The summed E-state index contributed by atoms with van der Waals surface area (Å²) in [5, 5.41) is 22.0. The van der Waals surface area contributed by atoms with Crippen molar-refractivity contribution in [1.82, 2.24) is 25.1 Å². The number of fused-ring (bicyclic) bond motifs is 1. The van der Waals surface area contributed by atoms with Gasteiger partial charge in [0.1, 0.15) is 23.2 Å². The molecule has 1 aromatic carbocycles. The van der Waals surface area contributed by atoms with Crippen LogP contribution in [-0.2, 0) is 11.3 Å². The van der Waals surface area contributed by atoms with Gasteiger partial charge in [0.05, 0.1) is 6.54 Å². The first-order valence-electron chi connectivity index (χ1n) is 7.68. The van der Waals surface area contributed by atoms with Crippen LogP contribution in [0.2, 0.25) is 0 Å². The zero-order valence-electron chi connectivity index (χ0n) is 13.3. The van der Waals surface area contributed by atoms with Crippen molar-refractivity contribution in [2.24, 2.45) is 5.73 Å². The Labute approximate surface area is 143 Å². The fourth-order valence-electron chi connectivity index (χ4n) is 3.39. The molecule has 3 N–H and O–H groups in total. The van der Waals surface area contributed by atoms with E-state index in [2.05, 4.69) is 29.4 Å². The van der Waals surface area contributed by atoms with Crippen LogP contribution in [0, 0.1) is 0 Å². The average Bonchev–Trinajstić information content (AvgIpc) is 3.09. The number of nitrogens with zero attached hydrogens (tertiary/aromatic N) is 5. The maximum absolute atomic E-state index is 12.2. The van der Waals surface area contributed by atoms with Gasteiger partial charge in [0.25, 0.3) is 0 Å². The molecule has 0 radical (unpaired) electrons. The van der Waals surface area contributed by atoms with Crippen molar-refractivity contribution in [3.05, 3.63) is 35.7 Å². The lowest BCUT2D eigenvalue weighted by molar-refractivity contribution is -0.147. The highest BCUT2D eigenvalue weighted by Gasteiger charge is 2.62. The number of thioether (sulfide) groups is 1. The molecule has 3 heterocycles. The molecular formula is C15H18N6O2S. The number of phenols is 1. The molecule has 0 saturated carbocycles. The third kappa shape index (κ3) is 2.11. The minimum Gasteiger partial charge on any atom is -0.508 e. The predicted molar refractivity (Wildman–Crippen MR) is 88.0 cm³/mol. The van der Waals surface area contributed by atoms with Crippen LogP contribution in [-0.4, -0.2) is 52.3 Å². The molecule has 0 spiro atoms. The summed E-state index contributed by atoms with van der Waals surface area (Å²) in [5.41, 5.74) is 6.64. The van der Waals surface area contributed by atoms with Crippen LogP contribution in [0.5, 0.6) is 5.75 Å². The molecule has 8 nitrogen and oxygen atoms in total. The van der Waals surface area contributed by atoms with E-state index in [0.29, 0.717) is 12.4 Å². The minimum absolute atomic E-state index is 0.0345. The highest BCUT2D eigenvalue weighted by atomic mass is 32.2. The van der Waals surface area contributed by atoms with Crippen molar-refractivity contribution >= 4 is 17.7 Å². The molecule has 126 valence electrons. The van der Waals surface area contributed by atoms with Gasteiger partial charge in [-0.2, -0.15) is 0 Å². The average molecular weight is 346 g/mol. The second-order valence-corrected chi connectivity index (χ2v) is 8.38. The Bertz CT molecular complexity index is 807. The van der Waals surface area contributed by atoms with Crippen LogP contribution in [0.3, 0.4) is 0 Å². The molecule has 4 rings (SSSR count). The second-order valence-electron chi connectivity index (χ2n) is 6.61. The number of benzene rings is 1. The predicted octanol–water partition coefficient (Wildman–Crippen LogP) is 0.489. The molecule has 1 aromatic heterocycles. The topological polar surface area (TPSA) is 110 Å². The lowest BCUT2D eigenvalue weighted by Crippen LogP contribution is -2.65. The van der Waals surface area contributed by atoms with Crippen LogP contribution >= 0.6 is 11.8 Å². The van der Waals surface area contributed by atoms with Crippen LogP contribution < -0.4 is 5.73 Å². The summed E-state index contributed by atoms with van der Waals surface area (Å²) >= 11 is 1.68. The normalized spacial score (nSPS) is 27.9. The molecule has 2 unspecified atom stereocenters. The molecule has 24 heavy (non-hydrogen) atoms. The summed E-state index contributed by atoms with van der Waals surface area (Å²) in [4.78, 5) is 14.0. The van der Waals surface area contributed by atoms with Gasteiger partial charge in [-0.3, -0.25) is 4.79 Å². The second kappa shape index (κ2) is 5.18. The van der Waals surface area contributed by atoms with E-state index < -0.39 is 6.04 Å². The summed E-state index contributed by atoms with van der Waals surface area (Å²) in [6.07, 6.45) is 0. The Hall–Kier alpha value is -2.13. The number of carbonyl (C=O) groups is 1. The number of tetrazole rings is 1. The molecule has 2 aromatic rings. The van der Waals surface area contributed by atoms with Crippen molar-refractivity contribution in [2.45, 2.75) is 42.6 Å². The van der Waals surface area contributed by atoms with Crippen molar-refractivity contribution in [3.8, 4) is 5.75 Å². The number of nitrogens with two attached hydrogens (primary N) is 1. The van der Waals surface area contributed by atoms with E-state index in [-0.39, 0.29) is 27.8 Å². The fourth-order valence-corrected chi connectivity index (χ4v) is 4.96. The monoisotopic (exact) mass is 346 g/mol. The number of hydrogen-bond donors (Lipinski definition) is 2. The van der Waals surface area contributed by atoms with E-state index in [4.69, 9.17) is 5.73 Å². The highest BCUT2D eigenvalue weighted by molar-refractivity contribution is 8.01. The molecule has 2 aliphatic rings. The van der Waals surface area contributed by atoms with Crippen LogP contribution in [0.15, 0.2) is 24.3 Å². The van der Waals surface area contributed by atoms with E-state index >= 15 is 0 Å². The highest BCUT2D eigenvalue weighted by Crippen LogP contribution is 2.56. The molecule has 1 amide bonds. The summed E-state index contributed by atoms with van der Waals surface area (Å²) in [6.45, 7) is 4.48. The Kier molecular flexibility index (Phi) is 3.33. The van der Waals surface area contributed by atoms with Gasteiger partial charge in [-0.25, -0.2) is 4.68 Å². The Morgan fingerprint density at radius 2 is 2.12 bits per heavy atom. The summed E-state index contributed by atoms with van der Waals surface area (Å²) in [7, 11) is 0. The number of aromatic nitrogens is 4. The standard InChI is InChI=1S/C15H18N6O2S/c1-15(2)11(21-13(23)10(16)14(21)24-15)12-17-18-19-20(12)7-8-5-3-4-6-9(8)22/h3-6,10-11,14,22H,7,16H2,1-2H3/t10?,11?,14-/m0/s1. The van der Waals surface area contributed by atoms with Gasteiger partial charge in [-0.1, -0.05) is 18.2 Å². The maximum atomic E-state index is 12.2. The van der Waals surface area contributed by atoms with Crippen LogP contribution in [0.1, 0.15) is 31.3 Å². The fraction of sp³-hybridized carbons (Fsp3) is 0.467. The SMILES string of the molecule is CC1(C)S[C@H]2C(N)C(=O)N2C1c1nnnn1Cc1ccccc1O. The smallest absolute Gasteiger partial charge is 0.244 e. The van der Waals surface area contributed by atoms with Crippen molar-refractivity contribution in [3.63, 3.8) is 0 Å². The number of β-lactam (4-membered cyclic amide) rings is 1. The molecule has 0 aliphatic carbocycles. The van der Waals surface area contributed by atoms with E-state index in [0.717, 1.165) is 5.56 Å². The maximum Gasteiger partial charge on any atom is 0.244 e. The lowest BCUT2D eigenvalue weighted by atomic mass is 9.95. The number of hydrogen-bond acceptors (Lipinski definition) is 7. The quantitative estimate of drug-likeness (QED) is 0.778. The number of phenolic OH excluding ortho intramolecular Hbond substituents is 1. The Morgan fingerprint density at radius 3 is 2.88 bits per heavy atom. The number of aromatic hydroxyl groups is 1. The molecule has 3 atom stereocenters. The zero-order chi connectivity index (χ0) is 17.1. The first kappa shape index (κ1) is 15.4. The van der Waals surface area contributed by atoms with Crippen molar-refractivity contribution in [2.75, 3.05) is 0 Å². The zero-order valence-corrected chi connectivity index (χ0v) is 14.1. The number of para-hydroxylation sites is 1. The molecule has 9 heteroatoms. The summed E-state index contributed by atoms with van der Waals surface area (Å²) in [6, 6.07) is 6.36. The third-order valence-electron chi connectivity index (χ3n) is 4.60. The van der Waals surface area contributed by atoms with E-state index in [9.17, 15) is 9.90 Å². The summed E-state index contributed by atoms with van der Waals surface area (Å²) < 4.78 is 1.39. The van der Waals surface area contributed by atoms with Crippen molar-refractivity contribution in [1.29, 1.82) is 0 Å². The Balaban J connectivity index is 1.70. The van der Waals surface area contributed by atoms with Gasteiger partial charge in [0, 0.05) is 10.3 Å². The molecule has 0 bridgehead atoms. The van der Waals surface area contributed by atoms with E-state index in [1.165, 1.54) is 0 Å². The van der Waals surface area contributed by atoms with Crippen molar-refractivity contribution < 1.29 is 9.90 Å². The Morgan fingerprint density at radius 1 is 1.38 bits per heavy atom. The van der Waals surface area contributed by atoms with Gasteiger partial charge >= 0.3 is 0 Å². The summed E-state index contributed by atoms with van der Waals surface area (Å²) in [5.74, 6) is 0.734. The molecule has 2 fully saturated rings. The number of rotatable bonds is 3. The van der Waals surface area contributed by atoms with E-state index in [1.807, 2.05) is 12.1 Å². The first-order valence-corrected chi connectivity index (χ1v) is 8.56. The number of carbonyl (C=O) groups excluding carboxylic acids is 1. The lowest BCUT2D eigenvalue weighted by Gasteiger charge is -2.42. The van der Waals surface area contributed by atoms with Gasteiger partial charge in [-0.15, -0.1) is 16.9 Å². The van der Waals surface area contributed by atoms with Gasteiger partial charge in [0.2, 0.25) is 5.91 Å². The molecular weight excluding hydrogens is 328 g/mol. The largest absolute Gasteiger partial charge is 0.508 e.